The van der Waals surface area contributed by atoms with Crippen molar-refractivity contribution in [2.45, 2.75) is 113 Å². The van der Waals surface area contributed by atoms with Crippen molar-refractivity contribution in [3.63, 3.8) is 0 Å². The molecule has 0 aliphatic heterocycles. The third kappa shape index (κ3) is 35.1. The first-order valence-electron chi connectivity index (χ1n) is 11.6. The van der Waals surface area contributed by atoms with E-state index in [-0.39, 0.29) is 5.12 Å². The van der Waals surface area contributed by atoms with Crippen molar-refractivity contribution in [1.82, 2.24) is 0 Å². The van der Waals surface area contributed by atoms with Gasteiger partial charge < -0.3 is 10.2 Å². The summed E-state index contributed by atoms with van der Waals surface area (Å²) in [6.07, 6.45) is 11.1. The summed E-state index contributed by atoms with van der Waals surface area (Å²) < 4.78 is 1.04. The molecule has 0 aliphatic rings. The van der Waals surface area contributed by atoms with Gasteiger partial charge >= 0.3 is 67.9 Å². The molecule has 2 unspecified atom stereocenters. The first-order valence-corrected chi connectivity index (χ1v) is 15.4. The van der Waals surface area contributed by atoms with Crippen LogP contribution >= 0.6 is 37.9 Å². The summed E-state index contributed by atoms with van der Waals surface area (Å²) >= 11 is 12.7. The van der Waals surface area contributed by atoms with E-state index in [1.54, 1.807) is 0 Å². The Morgan fingerprint density at radius 3 is 1.19 bits per heavy atom. The van der Waals surface area contributed by atoms with Crippen molar-refractivity contribution >= 4 is 77.5 Å². The Morgan fingerprint density at radius 2 is 1.00 bits per heavy atom. The quantitative estimate of drug-likeness (QED) is 0.0820. The van der Waals surface area contributed by atoms with Gasteiger partial charge in [-0.2, -0.15) is 25.3 Å². The van der Waals surface area contributed by atoms with E-state index in [0.717, 1.165) is 42.0 Å². The third-order valence-corrected chi connectivity index (χ3v) is 6.45. The molecule has 0 saturated heterocycles. The van der Waals surface area contributed by atoms with Crippen molar-refractivity contribution in [3.8, 4) is 0 Å². The predicted octanol–water partition coefficient (Wildman–Crippen LogP) is 6.10. The molecule has 190 valence electrons. The summed E-state index contributed by atoms with van der Waals surface area (Å²) in [7, 11) is 0. The average molecular weight is 618 g/mol. The Labute approximate surface area is 226 Å². The van der Waals surface area contributed by atoms with Crippen LogP contribution in [-0.4, -0.2) is 60.3 Å². The van der Waals surface area contributed by atoms with Crippen molar-refractivity contribution in [3.05, 3.63) is 0 Å². The molecule has 0 rings (SSSR count). The first-order chi connectivity index (χ1) is 14.8. The number of rotatable bonds is 16. The summed E-state index contributed by atoms with van der Waals surface area (Å²) in [5.74, 6) is -0.0862. The molecule has 0 fully saturated rings. The van der Waals surface area contributed by atoms with Crippen LogP contribution in [0.25, 0.3) is 0 Å². The molecule has 0 amide bonds. The van der Waals surface area contributed by atoms with Crippen LogP contribution in [0.5, 0.6) is 0 Å². The van der Waals surface area contributed by atoms with Crippen LogP contribution in [0.2, 0.25) is 4.44 Å². The van der Waals surface area contributed by atoms with Gasteiger partial charge in [0.1, 0.15) is 0 Å². The van der Waals surface area contributed by atoms with E-state index in [9.17, 15) is 14.4 Å². The van der Waals surface area contributed by atoms with Crippen LogP contribution in [0.15, 0.2) is 0 Å². The van der Waals surface area contributed by atoms with Crippen LogP contribution in [0.4, 0.5) is 0 Å². The normalized spacial score (nSPS) is 12.3. The van der Waals surface area contributed by atoms with Crippen molar-refractivity contribution < 1.29 is 24.6 Å². The van der Waals surface area contributed by atoms with Crippen LogP contribution in [-0.2, 0) is 14.4 Å². The summed E-state index contributed by atoms with van der Waals surface area (Å²) in [5.41, 5.74) is 0. The molecule has 0 saturated carbocycles. The third-order valence-electron chi connectivity index (χ3n) is 4.45. The molecule has 0 aromatic carbocycles. The summed E-state index contributed by atoms with van der Waals surface area (Å²) in [6.45, 7) is 8.83. The first kappa shape index (κ1) is 37.0. The fourth-order valence-corrected chi connectivity index (χ4v) is 4.44. The van der Waals surface area contributed by atoms with E-state index in [1.165, 1.54) is 48.2 Å². The Balaban J connectivity index is -0.000000422. The van der Waals surface area contributed by atoms with Crippen LogP contribution in [0.3, 0.4) is 0 Å². The number of carboxylic acids is 2. The van der Waals surface area contributed by atoms with E-state index in [1.807, 2.05) is 0 Å². The van der Waals surface area contributed by atoms with Crippen molar-refractivity contribution in [2.24, 2.45) is 11.8 Å². The molecule has 32 heavy (non-hydrogen) atoms. The molecule has 0 aliphatic carbocycles. The molecule has 2 atom stereocenters. The number of thiol groups is 3. The Morgan fingerprint density at radius 1 is 0.688 bits per heavy atom. The second-order valence-corrected chi connectivity index (χ2v) is 12.1. The summed E-state index contributed by atoms with van der Waals surface area (Å²) in [4.78, 5) is 30.7. The Kier molecular flexibility index (Phi) is 30.2. The van der Waals surface area contributed by atoms with Gasteiger partial charge in [-0.3, -0.25) is 9.59 Å². The maximum atomic E-state index is 10.4. The van der Waals surface area contributed by atoms with Crippen molar-refractivity contribution in [1.29, 1.82) is 0 Å². The van der Waals surface area contributed by atoms with Gasteiger partial charge in [-0.15, -0.1) is 0 Å². The zero-order valence-electron chi connectivity index (χ0n) is 20.3. The van der Waals surface area contributed by atoms with Gasteiger partial charge in [0.15, 0.2) is 0 Å². The van der Waals surface area contributed by atoms with Gasteiger partial charge in [-0.05, 0) is 24.7 Å². The molecular formula is C23H46O5S3Sn. The molecule has 2 radical (unpaired) electrons. The predicted molar refractivity (Wildman–Crippen MR) is 147 cm³/mol. The van der Waals surface area contributed by atoms with E-state index < -0.39 is 22.4 Å². The monoisotopic (exact) mass is 618 g/mol. The van der Waals surface area contributed by atoms with Gasteiger partial charge in [-0.1, -0.05) is 79.1 Å². The molecule has 9 heteroatoms. The molecule has 0 heterocycles. The topological polar surface area (TPSA) is 91.7 Å². The number of hydrogen-bond donors (Lipinski definition) is 5. The summed E-state index contributed by atoms with van der Waals surface area (Å²) in [5, 5.41) is 16.2. The van der Waals surface area contributed by atoms with Crippen LogP contribution < -0.4 is 0 Å². The fraction of sp³-hybridized carbons (Fsp3) is 0.870. The zero-order chi connectivity index (χ0) is 25.5. The van der Waals surface area contributed by atoms with E-state index >= 15 is 0 Å². The van der Waals surface area contributed by atoms with E-state index in [0.29, 0.717) is 19.3 Å². The fourth-order valence-electron chi connectivity index (χ4n) is 2.50. The number of aliphatic carboxylic acids is 2. The standard InChI is InChI=1S/2C10H20O2S.C3H5OS.Sn.H/c2*1-8(2)6-4-3-5-7-9(13)10(11)12;1-2-3(4)5;;/h2*8-9,13H,3-7H2,1-2H3,(H,11,12);1-2H2,(H,4,5);;. The number of hydrogen-bond acceptors (Lipinski definition) is 5. The van der Waals surface area contributed by atoms with Gasteiger partial charge in [0.2, 0.25) is 0 Å². The van der Waals surface area contributed by atoms with Gasteiger partial charge in [0.05, 0.1) is 10.5 Å². The van der Waals surface area contributed by atoms with E-state index in [2.05, 4.69) is 65.6 Å². The Hall–Kier alpha value is 0.459. The van der Waals surface area contributed by atoms with Gasteiger partial charge in [0, 0.05) is 0 Å². The molecule has 0 spiro atoms. The van der Waals surface area contributed by atoms with E-state index in [4.69, 9.17) is 10.2 Å². The minimum atomic E-state index is -0.799. The average Bonchev–Trinajstić information content (AvgIpc) is 2.67. The second-order valence-electron chi connectivity index (χ2n) is 8.70. The van der Waals surface area contributed by atoms with Crippen LogP contribution in [0, 0.1) is 11.8 Å². The number of carboxylic acid groups (broad SMARTS) is 2. The van der Waals surface area contributed by atoms with Gasteiger partial charge in [-0.25, -0.2) is 0 Å². The molecule has 2 N–H and O–H groups in total. The maximum absolute atomic E-state index is 10.4. The number of carbonyl (C=O) groups is 3. The summed E-state index contributed by atoms with van der Waals surface area (Å²) in [6, 6.07) is 0. The zero-order valence-corrected chi connectivity index (χ0v) is 26.3. The minimum absolute atomic E-state index is 0.0163. The molecule has 0 bridgehead atoms. The molecular weight excluding hydrogens is 571 g/mol. The molecule has 0 aromatic rings. The van der Waals surface area contributed by atoms with Gasteiger partial charge in [0.25, 0.3) is 0 Å². The molecule has 5 nitrogen and oxygen atoms in total. The number of carbonyl (C=O) groups excluding carboxylic acids is 1. The second kappa shape index (κ2) is 26.1. The SMILES string of the molecule is CC(C)CCCCCC(S)C(=O)O.CC(C)CCCCCC(S)C(=O)O.O=C(S)C[CH2][SnH]. The van der Waals surface area contributed by atoms with Crippen LogP contribution in [0.1, 0.15) is 98.3 Å². The molecule has 0 aromatic heterocycles. The Bertz CT molecular complexity index is 443. The van der Waals surface area contributed by atoms with Crippen molar-refractivity contribution in [2.75, 3.05) is 0 Å². The number of unbranched alkanes of at least 4 members (excludes halogenated alkanes) is 4.